The van der Waals surface area contributed by atoms with Crippen LogP contribution in [0.2, 0.25) is 0 Å². The van der Waals surface area contributed by atoms with Gasteiger partial charge in [-0.2, -0.15) is 0 Å². The van der Waals surface area contributed by atoms with Crippen LogP contribution in [0.15, 0.2) is 12.2 Å². The van der Waals surface area contributed by atoms with Crippen molar-refractivity contribution in [3.63, 3.8) is 0 Å². The van der Waals surface area contributed by atoms with Crippen molar-refractivity contribution >= 4 is 5.91 Å². The number of carbonyl (C=O) groups excluding carboxylic acids is 1. The van der Waals surface area contributed by atoms with Crippen molar-refractivity contribution in [2.24, 2.45) is 5.73 Å². The lowest BCUT2D eigenvalue weighted by Gasteiger charge is -2.21. The second-order valence-electron chi connectivity index (χ2n) is 3.31. The molecule has 80 valence electrons. The lowest BCUT2D eigenvalue weighted by atomic mass is 10.1. The fraction of sp³-hybridized carbons (Fsp3) is 0.700. The third kappa shape index (κ3) is 3.89. The van der Waals surface area contributed by atoms with E-state index in [0.717, 1.165) is 19.3 Å². The van der Waals surface area contributed by atoms with Gasteiger partial charge in [0.2, 0.25) is 5.91 Å². The quantitative estimate of drug-likeness (QED) is 0.634. The molecule has 1 unspecified atom stereocenters. The normalized spacial score (nSPS) is 22.5. The lowest BCUT2D eigenvalue weighted by molar-refractivity contribution is -0.135. The first-order valence-corrected chi connectivity index (χ1v) is 5.09. The van der Waals surface area contributed by atoms with E-state index in [2.05, 4.69) is 5.32 Å². The molecule has 0 aromatic rings. The second-order valence-corrected chi connectivity index (χ2v) is 3.31. The van der Waals surface area contributed by atoms with Gasteiger partial charge < -0.3 is 15.8 Å². The smallest absolute Gasteiger partial charge is 0.249 e. The summed E-state index contributed by atoms with van der Waals surface area (Å²) in [5.41, 5.74) is 5.26. The number of hydrogen-bond acceptors (Lipinski definition) is 3. The SMILES string of the molecule is NC/C=C/CNC(=O)C1CCCCO1. The third-order valence-corrected chi connectivity index (χ3v) is 2.17. The van der Waals surface area contributed by atoms with E-state index in [4.69, 9.17) is 10.5 Å². The van der Waals surface area contributed by atoms with Crippen LogP contribution in [0.3, 0.4) is 0 Å². The zero-order valence-corrected chi connectivity index (χ0v) is 8.37. The maximum Gasteiger partial charge on any atom is 0.249 e. The molecular weight excluding hydrogens is 180 g/mol. The highest BCUT2D eigenvalue weighted by atomic mass is 16.5. The molecule has 0 aromatic heterocycles. The average molecular weight is 198 g/mol. The Morgan fingerprint density at radius 3 is 3.00 bits per heavy atom. The topological polar surface area (TPSA) is 64.3 Å². The molecule has 0 bridgehead atoms. The molecule has 1 amide bonds. The molecule has 4 nitrogen and oxygen atoms in total. The predicted molar refractivity (Wildman–Crippen MR) is 54.8 cm³/mol. The highest BCUT2D eigenvalue weighted by molar-refractivity contribution is 5.80. The highest BCUT2D eigenvalue weighted by Crippen LogP contribution is 2.12. The van der Waals surface area contributed by atoms with Crippen LogP contribution in [-0.2, 0) is 9.53 Å². The van der Waals surface area contributed by atoms with Gasteiger partial charge >= 0.3 is 0 Å². The summed E-state index contributed by atoms with van der Waals surface area (Å²) >= 11 is 0. The van der Waals surface area contributed by atoms with E-state index in [1.54, 1.807) is 0 Å². The largest absolute Gasteiger partial charge is 0.368 e. The molecule has 4 heteroatoms. The van der Waals surface area contributed by atoms with Crippen molar-refractivity contribution < 1.29 is 9.53 Å². The number of nitrogens with one attached hydrogen (secondary N) is 1. The second kappa shape index (κ2) is 6.56. The Hall–Kier alpha value is -0.870. The van der Waals surface area contributed by atoms with Crippen LogP contribution in [0.1, 0.15) is 19.3 Å². The van der Waals surface area contributed by atoms with Crippen molar-refractivity contribution in [3.05, 3.63) is 12.2 Å². The summed E-state index contributed by atoms with van der Waals surface area (Å²) in [6.45, 7) is 1.75. The number of hydrogen-bond donors (Lipinski definition) is 2. The van der Waals surface area contributed by atoms with Gasteiger partial charge in [0.1, 0.15) is 6.10 Å². The van der Waals surface area contributed by atoms with Crippen molar-refractivity contribution in [1.82, 2.24) is 5.32 Å². The van der Waals surface area contributed by atoms with Crippen molar-refractivity contribution in [1.29, 1.82) is 0 Å². The fourth-order valence-corrected chi connectivity index (χ4v) is 1.40. The van der Waals surface area contributed by atoms with Gasteiger partial charge in [-0.3, -0.25) is 4.79 Å². The minimum atomic E-state index is -0.241. The van der Waals surface area contributed by atoms with Gasteiger partial charge in [0.05, 0.1) is 0 Å². The van der Waals surface area contributed by atoms with Crippen LogP contribution in [-0.4, -0.2) is 31.7 Å². The minimum Gasteiger partial charge on any atom is -0.368 e. The Bertz CT molecular complexity index is 198. The summed E-state index contributed by atoms with van der Waals surface area (Å²) in [7, 11) is 0. The lowest BCUT2D eigenvalue weighted by Crippen LogP contribution is -2.38. The summed E-state index contributed by atoms with van der Waals surface area (Å²) in [6.07, 6.45) is 6.41. The molecule has 0 radical (unpaired) electrons. The summed E-state index contributed by atoms with van der Waals surface area (Å²) in [4.78, 5) is 11.5. The van der Waals surface area contributed by atoms with Crippen molar-refractivity contribution in [3.8, 4) is 0 Å². The van der Waals surface area contributed by atoms with E-state index in [9.17, 15) is 4.79 Å². The molecule has 14 heavy (non-hydrogen) atoms. The van der Waals surface area contributed by atoms with E-state index in [1.807, 2.05) is 12.2 Å². The molecule has 0 saturated carbocycles. The monoisotopic (exact) mass is 198 g/mol. The number of ether oxygens (including phenoxy) is 1. The van der Waals surface area contributed by atoms with Crippen molar-refractivity contribution in [2.75, 3.05) is 19.7 Å². The van der Waals surface area contributed by atoms with Gasteiger partial charge in [-0.05, 0) is 19.3 Å². The van der Waals surface area contributed by atoms with Gasteiger partial charge in [0.25, 0.3) is 0 Å². The molecule has 1 heterocycles. The molecule has 3 N–H and O–H groups in total. The first-order chi connectivity index (χ1) is 6.84. The molecule has 1 atom stereocenters. The Labute approximate surface area is 84.5 Å². The first kappa shape index (κ1) is 11.2. The van der Waals surface area contributed by atoms with E-state index in [-0.39, 0.29) is 12.0 Å². The van der Waals surface area contributed by atoms with Gasteiger partial charge in [0, 0.05) is 19.7 Å². The van der Waals surface area contributed by atoms with Crippen LogP contribution in [0.25, 0.3) is 0 Å². The first-order valence-electron chi connectivity index (χ1n) is 5.09. The summed E-state index contributed by atoms with van der Waals surface area (Å²) in [5, 5.41) is 2.78. The predicted octanol–water partition coefficient (Wildman–Crippen LogP) is 0.187. The average Bonchev–Trinajstić information content (AvgIpc) is 2.25. The van der Waals surface area contributed by atoms with E-state index in [0.29, 0.717) is 19.7 Å². The molecule has 1 saturated heterocycles. The Balaban J connectivity index is 2.16. The number of amides is 1. The minimum absolute atomic E-state index is 0.00799. The van der Waals surface area contributed by atoms with Crippen LogP contribution >= 0.6 is 0 Å². The van der Waals surface area contributed by atoms with Crippen LogP contribution in [0, 0.1) is 0 Å². The number of carbonyl (C=O) groups is 1. The number of rotatable bonds is 4. The van der Waals surface area contributed by atoms with Gasteiger partial charge in [-0.25, -0.2) is 0 Å². The van der Waals surface area contributed by atoms with Gasteiger partial charge in [-0.1, -0.05) is 12.2 Å². The molecular formula is C10H18N2O2. The maximum absolute atomic E-state index is 11.5. The van der Waals surface area contributed by atoms with Crippen LogP contribution in [0.5, 0.6) is 0 Å². The Morgan fingerprint density at radius 1 is 1.50 bits per heavy atom. The molecule has 1 fully saturated rings. The zero-order chi connectivity index (χ0) is 10.2. The van der Waals surface area contributed by atoms with E-state index < -0.39 is 0 Å². The molecule has 0 aromatic carbocycles. The third-order valence-electron chi connectivity index (χ3n) is 2.17. The van der Waals surface area contributed by atoms with Gasteiger partial charge in [0.15, 0.2) is 0 Å². The Kier molecular flexibility index (Phi) is 5.25. The van der Waals surface area contributed by atoms with Gasteiger partial charge in [-0.15, -0.1) is 0 Å². The molecule has 0 spiro atoms. The molecule has 0 aliphatic carbocycles. The molecule has 1 aliphatic rings. The maximum atomic E-state index is 11.5. The Morgan fingerprint density at radius 2 is 2.36 bits per heavy atom. The standard InChI is InChI=1S/C10H18N2O2/c11-6-2-3-7-12-10(13)9-5-1-4-8-14-9/h2-3,9H,1,4-8,11H2,(H,12,13)/b3-2+. The highest BCUT2D eigenvalue weighted by Gasteiger charge is 2.20. The molecule has 1 aliphatic heterocycles. The number of nitrogens with two attached hydrogens (primary N) is 1. The zero-order valence-electron chi connectivity index (χ0n) is 8.37. The van der Waals surface area contributed by atoms with Crippen LogP contribution in [0.4, 0.5) is 0 Å². The summed E-state index contributed by atoms with van der Waals surface area (Å²) in [6, 6.07) is 0. The fourth-order valence-electron chi connectivity index (χ4n) is 1.40. The van der Waals surface area contributed by atoms with Crippen LogP contribution < -0.4 is 11.1 Å². The van der Waals surface area contributed by atoms with E-state index >= 15 is 0 Å². The van der Waals surface area contributed by atoms with Crippen molar-refractivity contribution in [2.45, 2.75) is 25.4 Å². The van der Waals surface area contributed by atoms with E-state index in [1.165, 1.54) is 0 Å². The summed E-state index contributed by atoms with van der Waals surface area (Å²) in [5.74, 6) is -0.00799. The molecule has 1 rings (SSSR count). The summed E-state index contributed by atoms with van der Waals surface area (Å²) < 4.78 is 5.34.